The first-order valence-corrected chi connectivity index (χ1v) is 9.92. The molecule has 1 fully saturated rings. The Bertz CT molecular complexity index is 1010. The van der Waals surface area contributed by atoms with Crippen LogP contribution < -0.4 is 10.6 Å². The Balaban J connectivity index is 1.34. The lowest BCUT2D eigenvalue weighted by Gasteiger charge is -2.34. The molecule has 0 radical (unpaired) electrons. The van der Waals surface area contributed by atoms with Crippen molar-refractivity contribution in [3.63, 3.8) is 0 Å². The molecule has 8 heteroatoms. The number of hydrogen-bond donors (Lipinski definition) is 2. The predicted octanol–water partition coefficient (Wildman–Crippen LogP) is 2.25. The first-order valence-electron chi connectivity index (χ1n) is 9.92. The zero-order valence-electron chi connectivity index (χ0n) is 16.8. The molecule has 2 aromatic heterocycles. The van der Waals surface area contributed by atoms with Crippen molar-refractivity contribution < 1.29 is 18.4 Å². The second-order valence-corrected chi connectivity index (χ2v) is 7.28. The molecule has 0 bridgehead atoms. The summed E-state index contributed by atoms with van der Waals surface area (Å²) in [6.45, 7) is 3.82. The van der Waals surface area contributed by atoms with E-state index in [4.69, 9.17) is 8.83 Å². The number of nitrogens with one attached hydrogen (secondary N) is 2. The number of furan rings is 1. The maximum atomic E-state index is 12.5. The van der Waals surface area contributed by atoms with E-state index < -0.39 is 6.04 Å². The summed E-state index contributed by atoms with van der Waals surface area (Å²) in [5.41, 5.74) is 1.50. The summed E-state index contributed by atoms with van der Waals surface area (Å²) < 4.78 is 11.1. The van der Waals surface area contributed by atoms with Gasteiger partial charge < -0.3 is 19.5 Å². The van der Waals surface area contributed by atoms with Gasteiger partial charge in [0.2, 0.25) is 17.7 Å². The number of benzene rings is 1. The number of oxazole rings is 1. The van der Waals surface area contributed by atoms with E-state index >= 15 is 0 Å². The molecular weight excluding hydrogens is 384 g/mol. The number of aromatic nitrogens is 1. The van der Waals surface area contributed by atoms with Crippen LogP contribution in [0.1, 0.15) is 23.6 Å². The number of carbonyl (C=O) groups excluding carboxylic acids is 2. The molecule has 2 N–H and O–H groups in total. The molecule has 1 atom stereocenters. The molecule has 1 aliphatic rings. The number of hydrogen-bond acceptors (Lipinski definition) is 6. The summed E-state index contributed by atoms with van der Waals surface area (Å²) in [5.74, 6) is 1.74. The lowest BCUT2D eigenvalue weighted by atomic mass is 10.1. The molecule has 0 saturated carbocycles. The Morgan fingerprint density at radius 3 is 2.87 bits per heavy atom. The minimum Gasteiger partial charge on any atom is -0.465 e. The van der Waals surface area contributed by atoms with Gasteiger partial charge in [0.1, 0.15) is 17.8 Å². The quantitative estimate of drug-likeness (QED) is 0.622. The number of piperazine rings is 1. The van der Waals surface area contributed by atoms with E-state index in [0.717, 1.165) is 17.1 Å². The second kappa shape index (κ2) is 8.96. The fraction of sp³-hybridized carbons (Fsp3) is 0.318. The molecule has 0 spiro atoms. The Kier molecular flexibility index (Phi) is 5.94. The minimum absolute atomic E-state index is 0.0644. The zero-order chi connectivity index (χ0) is 20.9. The largest absolute Gasteiger partial charge is 0.465 e. The Morgan fingerprint density at radius 1 is 1.27 bits per heavy atom. The topological polar surface area (TPSA) is 101 Å². The lowest BCUT2D eigenvalue weighted by molar-refractivity contribution is -0.134. The van der Waals surface area contributed by atoms with Crippen molar-refractivity contribution in [3.8, 4) is 11.5 Å². The summed E-state index contributed by atoms with van der Waals surface area (Å²) >= 11 is 0. The lowest BCUT2D eigenvalue weighted by Crippen LogP contribution is -2.56. The fourth-order valence-electron chi connectivity index (χ4n) is 3.48. The third-order valence-electron chi connectivity index (χ3n) is 5.01. The molecule has 4 rings (SSSR count). The first kappa shape index (κ1) is 19.9. The molecule has 1 aliphatic heterocycles. The van der Waals surface area contributed by atoms with Crippen molar-refractivity contribution in [1.82, 2.24) is 20.5 Å². The van der Waals surface area contributed by atoms with Crippen molar-refractivity contribution >= 4 is 11.8 Å². The van der Waals surface area contributed by atoms with Gasteiger partial charge in [0.15, 0.2) is 0 Å². The second-order valence-electron chi connectivity index (χ2n) is 7.28. The molecule has 0 aliphatic carbocycles. The van der Waals surface area contributed by atoms with Gasteiger partial charge in [-0.2, -0.15) is 0 Å². The third kappa shape index (κ3) is 4.77. The summed E-state index contributed by atoms with van der Waals surface area (Å²) in [5, 5.41) is 5.66. The van der Waals surface area contributed by atoms with Crippen LogP contribution in [0.25, 0.3) is 11.5 Å². The standard InChI is InChI=1S/C22H24N4O4/c1-15-7-8-18(30-15)13-26-10-9-23-21(28)19(26)11-20(27)24-12-17-14-29-22(25-17)16-5-3-2-4-6-16/h2-8,14,19H,9-13H2,1H3,(H,23,28)(H,24,27). The van der Waals surface area contributed by atoms with Crippen molar-refractivity contribution in [2.45, 2.75) is 32.5 Å². The van der Waals surface area contributed by atoms with Gasteiger partial charge in [0.05, 0.1) is 31.2 Å². The number of aryl methyl sites for hydroxylation is 1. The SMILES string of the molecule is Cc1ccc(CN2CCNC(=O)C2CC(=O)NCc2coc(-c3ccccc3)n2)o1. The Labute approximate surface area is 174 Å². The van der Waals surface area contributed by atoms with E-state index in [1.54, 1.807) is 0 Å². The summed E-state index contributed by atoms with van der Waals surface area (Å²) in [6.07, 6.45) is 1.59. The molecular formula is C22H24N4O4. The van der Waals surface area contributed by atoms with Crippen LogP contribution in [0.3, 0.4) is 0 Å². The van der Waals surface area contributed by atoms with Crippen LogP contribution >= 0.6 is 0 Å². The summed E-state index contributed by atoms with van der Waals surface area (Å²) in [7, 11) is 0. The predicted molar refractivity (Wildman–Crippen MR) is 109 cm³/mol. The van der Waals surface area contributed by atoms with Gasteiger partial charge in [0, 0.05) is 18.7 Å². The van der Waals surface area contributed by atoms with Crippen molar-refractivity contribution in [2.75, 3.05) is 13.1 Å². The number of amides is 2. The minimum atomic E-state index is -0.540. The van der Waals surface area contributed by atoms with E-state index in [0.29, 0.717) is 31.2 Å². The van der Waals surface area contributed by atoms with Crippen LogP contribution in [0.4, 0.5) is 0 Å². The molecule has 1 unspecified atom stereocenters. The third-order valence-corrected chi connectivity index (χ3v) is 5.01. The summed E-state index contributed by atoms with van der Waals surface area (Å²) in [6, 6.07) is 12.8. The molecule has 2 amide bonds. The van der Waals surface area contributed by atoms with Crippen molar-refractivity contribution in [1.29, 1.82) is 0 Å². The van der Waals surface area contributed by atoms with E-state index in [2.05, 4.69) is 15.6 Å². The zero-order valence-corrected chi connectivity index (χ0v) is 16.8. The van der Waals surface area contributed by atoms with Crippen LogP contribution in [0.15, 0.2) is 57.6 Å². The van der Waals surface area contributed by atoms with E-state index in [-0.39, 0.29) is 24.8 Å². The fourth-order valence-corrected chi connectivity index (χ4v) is 3.48. The highest BCUT2D eigenvalue weighted by molar-refractivity contribution is 5.88. The monoisotopic (exact) mass is 408 g/mol. The van der Waals surface area contributed by atoms with Crippen LogP contribution in [0.2, 0.25) is 0 Å². The van der Waals surface area contributed by atoms with E-state index in [1.165, 1.54) is 6.26 Å². The smallest absolute Gasteiger partial charge is 0.237 e. The maximum Gasteiger partial charge on any atom is 0.237 e. The van der Waals surface area contributed by atoms with Crippen LogP contribution in [-0.2, 0) is 22.7 Å². The van der Waals surface area contributed by atoms with E-state index in [1.807, 2.05) is 54.3 Å². The molecule has 1 aromatic carbocycles. The van der Waals surface area contributed by atoms with Gasteiger partial charge in [-0.3, -0.25) is 14.5 Å². The molecule has 8 nitrogen and oxygen atoms in total. The molecule has 156 valence electrons. The van der Waals surface area contributed by atoms with Gasteiger partial charge in [-0.05, 0) is 31.2 Å². The van der Waals surface area contributed by atoms with Gasteiger partial charge in [-0.15, -0.1) is 0 Å². The van der Waals surface area contributed by atoms with Crippen molar-refractivity contribution in [3.05, 3.63) is 65.9 Å². The molecule has 30 heavy (non-hydrogen) atoms. The van der Waals surface area contributed by atoms with E-state index in [9.17, 15) is 9.59 Å². The van der Waals surface area contributed by atoms with Gasteiger partial charge >= 0.3 is 0 Å². The molecule has 3 aromatic rings. The Hall–Kier alpha value is -3.39. The first-order chi connectivity index (χ1) is 14.6. The summed E-state index contributed by atoms with van der Waals surface area (Å²) in [4.78, 5) is 31.3. The van der Waals surface area contributed by atoms with Crippen LogP contribution in [0, 0.1) is 6.92 Å². The molecule has 3 heterocycles. The highest BCUT2D eigenvalue weighted by Gasteiger charge is 2.32. The van der Waals surface area contributed by atoms with Gasteiger partial charge in [0.25, 0.3) is 0 Å². The molecule has 1 saturated heterocycles. The highest BCUT2D eigenvalue weighted by Crippen LogP contribution is 2.18. The highest BCUT2D eigenvalue weighted by atomic mass is 16.3. The number of carbonyl (C=O) groups is 2. The number of rotatable bonds is 7. The van der Waals surface area contributed by atoms with Gasteiger partial charge in [-0.25, -0.2) is 4.98 Å². The maximum absolute atomic E-state index is 12.5. The van der Waals surface area contributed by atoms with Crippen LogP contribution in [-0.4, -0.2) is 40.8 Å². The number of nitrogens with zero attached hydrogens (tertiary/aromatic N) is 2. The van der Waals surface area contributed by atoms with Crippen LogP contribution in [0.5, 0.6) is 0 Å². The average molecular weight is 408 g/mol. The normalized spacial score (nSPS) is 17.0. The average Bonchev–Trinajstić information content (AvgIpc) is 3.39. The van der Waals surface area contributed by atoms with Crippen molar-refractivity contribution in [2.24, 2.45) is 0 Å². The van der Waals surface area contributed by atoms with Gasteiger partial charge in [-0.1, -0.05) is 18.2 Å². The Morgan fingerprint density at radius 2 is 2.10 bits per heavy atom.